The van der Waals surface area contributed by atoms with Gasteiger partial charge in [-0.1, -0.05) is 24.3 Å². The molecule has 0 spiro atoms. The molecule has 0 unspecified atom stereocenters. The second-order valence-electron chi connectivity index (χ2n) is 7.65. The summed E-state index contributed by atoms with van der Waals surface area (Å²) in [6.45, 7) is -0.586. The minimum atomic E-state index is -4.75. The molecule has 0 atom stereocenters. The van der Waals surface area contributed by atoms with Gasteiger partial charge in [-0.25, -0.2) is 26.7 Å². The molecule has 0 saturated heterocycles. The summed E-state index contributed by atoms with van der Waals surface area (Å²) in [4.78, 5) is 11.3. The van der Waals surface area contributed by atoms with Crippen molar-refractivity contribution >= 4 is 21.0 Å². The molecule has 0 bridgehead atoms. The van der Waals surface area contributed by atoms with Gasteiger partial charge < -0.3 is 4.42 Å². The molecule has 0 radical (unpaired) electrons. The van der Waals surface area contributed by atoms with E-state index >= 15 is 0 Å². The molecule has 0 saturated carbocycles. The Morgan fingerprint density at radius 3 is 2.11 bits per heavy atom. The van der Waals surface area contributed by atoms with Crippen molar-refractivity contribution in [3.05, 3.63) is 111 Å². The second kappa shape index (κ2) is 9.23. The molecule has 0 aliphatic rings. The fourth-order valence-corrected chi connectivity index (χ4v) is 4.52. The van der Waals surface area contributed by atoms with Gasteiger partial charge in [0.25, 0.3) is 0 Å². The van der Waals surface area contributed by atoms with E-state index in [-0.39, 0.29) is 22.3 Å². The van der Waals surface area contributed by atoms with Gasteiger partial charge in [0.1, 0.15) is 17.2 Å². The quantitative estimate of drug-likeness (QED) is 0.288. The Morgan fingerprint density at radius 2 is 1.49 bits per heavy atom. The molecule has 0 aliphatic heterocycles. The first-order valence-electron chi connectivity index (χ1n) is 10.1. The SMILES string of the molecule is O=c1cc(C(F)(F)F)c2cc(Cc3ccc(S(=O)(=O)NCc4c(F)cccc4F)cc3)ccc2o1. The van der Waals surface area contributed by atoms with Crippen molar-refractivity contribution in [3.63, 3.8) is 0 Å². The molecule has 0 fully saturated rings. The van der Waals surface area contributed by atoms with Crippen LogP contribution in [0.2, 0.25) is 0 Å². The Kier molecular flexibility index (Phi) is 6.48. The number of alkyl halides is 3. The zero-order valence-corrected chi connectivity index (χ0v) is 18.5. The third kappa shape index (κ3) is 5.41. The summed E-state index contributed by atoms with van der Waals surface area (Å²) in [7, 11) is -4.09. The lowest BCUT2D eigenvalue weighted by Crippen LogP contribution is -2.24. The average molecular weight is 509 g/mol. The standard InChI is InChI=1S/C24H16F5NO4S/c25-20-2-1-3-21(26)18(20)13-30-35(32,33)16-7-4-14(5-8-16)10-15-6-9-22-17(11-15)19(24(27,28)29)12-23(31)34-22/h1-9,11-12,30H,10,13H2. The molecule has 35 heavy (non-hydrogen) atoms. The van der Waals surface area contributed by atoms with Crippen molar-refractivity contribution in [2.24, 2.45) is 0 Å². The minimum absolute atomic E-state index is 0.155. The average Bonchev–Trinajstić information content (AvgIpc) is 2.78. The van der Waals surface area contributed by atoms with Crippen LogP contribution in [0, 0.1) is 11.6 Å². The summed E-state index contributed by atoms with van der Waals surface area (Å²) >= 11 is 0. The van der Waals surface area contributed by atoms with Crippen molar-refractivity contribution in [2.45, 2.75) is 24.0 Å². The lowest BCUT2D eigenvalue weighted by atomic mass is 10.0. The first-order chi connectivity index (χ1) is 16.4. The van der Waals surface area contributed by atoms with Crippen LogP contribution in [-0.2, 0) is 29.2 Å². The lowest BCUT2D eigenvalue weighted by molar-refractivity contribution is -0.136. The summed E-state index contributed by atoms with van der Waals surface area (Å²) in [6.07, 6.45) is -4.58. The Morgan fingerprint density at radius 1 is 0.857 bits per heavy atom. The zero-order valence-electron chi connectivity index (χ0n) is 17.7. The maximum Gasteiger partial charge on any atom is 0.417 e. The molecule has 0 aliphatic carbocycles. The van der Waals surface area contributed by atoms with Crippen LogP contribution in [-0.4, -0.2) is 8.42 Å². The van der Waals surface area contributed by atoms with Gasteiger partial charge >= 0.3 is 11.8 Å². The summed E-state index contributed by atoms with van der Waals surface area (Å²) in [6, 6.07) is 13.1. The van der Waals surface area contributed by atoms with Crippen molar-refractivity contribution < 1.29 is 34.8 Å². The molecular weight excluding hydrogens is 493 g/mol. The number of hydrogen-bond donors (Lipinski definition) is 1. The van der Waals surface area contributed by atoms with E-state index in [2.05, 4.69) is 4.72 Å². The van der Waals surface area contributed by atoms with Crippen LogP contribution in [0.25, 0.3) is 11.0 Å². The Hall–Kier alpha value is -3.57. The first-order valence-corrected chi connectivity index (χ1v) is 11.6. The molecule has 182 valence electrons. The fraction of sp³-hybridized carbons (Fsp3) is 0.125. The maximum absolute atomic E-state index is 13.7. The van der Waals surface area contributed by atoms with Crippen LogP contribution in [0.1, 0.15) is 22.3 Å². The van der Waals surface area contributed by atoms with Gasteiger partial charge in [0, 0.05) is 23.6 Å². The number of nitrogens with one attached hydrogen (secondary N) is 1. The molecular formula is C24H16F5NO4S. The van der Waals surface area contributed by atoms with Gasteiger partial charge in [-0.05, 0) is 53.9 Å². The third-order valence-electron chi connectivity index (χ3n) is 5.25. The van der Waals surface area contributed by atoms with Crippen molar-refractivity contribution in [3.8, 4) is 0 Å². The normalized spacial score (nSPS) is 12.3. The van der Waals surface area contributed by atoms with E-state index in [1.807, 2.05) is 0 Å². The van der Waals surface area contributed by atoms with Crippen molar-refractivity contribution in [2.75, 3.05) is 0 Å². The summed E-state index contributed by atoms with van der Waals surface area (Å²) < 4.78 is 99.5. The topological polar surface area (TPSA) is 76.4 Å². The van der Waals surface area contributed by atoms with E-state index in [0.717, 1.165) is 18.2 Å². The maximum atomic E-state index is 13.7. The van der Waals surface area contributed by atoms with Crippen LogP contribution in [0.4, 0.5) is 22.0 Å². The molecule has 11 heteroatoms. The molecule has 4 aromatic rings. The van der Waals surface area contributed by atoms with Gasteiger partial charge in [-0.2, -0.15) is 13.2 Å². The predicted molar refractivity (Wildman–Crippen MR) is 117 cm³/mol. The fourth-order valence-electron chi connectivity index (χ4n) is 3.53. The highest BCUT2D eigenvalue weighted by Gasteiger charge is 2.33. The number of benzene rings is 3. The minimum Gasteiger partial charge on any atom is -0.423 e. The number of sulfonamides is 1. The zero-order chi connectivity index (χ0) is 25.4. The molecule has 1 heterocycles. The highest BCUT2D eigenvalue weighted by atomic mass is 32.2. The summed E-state index contributed by atoms with van der Waals surface area (Å²) in [5, 5.41) is -0.265. The van der Waals surface area contributed by atoms with Gasteiger partial charge in [-0.3, -0.25) is 0 Å². The van der Waals surface area contributed by atoms with E-state index in [0.29, 0.717) is 17.2 Å². The van der Waals surface area contributed by atoms with Crippen LogP contribution < -0.4 is 10.3 Å². The van der Waals surface area contributed by atoms with E-state index in [4.69, 9.17) is 4.42 Å². The van der Waals surface area contributed by atoms with Crippen LogP contribution in [0.3, 0.4) is 0 Å². The van der Waals surface area contributed by atoms with E-state index in [1.54, 1.807) is 0 Å². The lowest BCUT2D eigenvalue weighted by Gasteiger charge is -2.11. The van der Waals surface area contributed by atoms with E-state index in [9.17, 15) is 35.2 Å². The summed E-state index contributed by atoms with van der Waals surface area (Å²) in [5.74, 6) is -1.77. The Balaban J connectivity index is 1.54. The monoisotopic (exact) mass is 509 g/mol. The van der Waals surface area contributed by atoms with Crippen molar-refractivity contribution in [1.82, 2.24) is 4.72 Å². The van der Waals surface area contributed by atoms with E-state index < -0.39 is 51.1 Å². The molecule has 5 nitrogen and oxygen atoms in total. The highest BCUT2D eigenvalue weighted by molar-refractivity contribution is 7.89. The summed E-state index contributed by atoms with van der Waals surface area (Å²) in [5.41, 5.74) is -1.77. The number of halogens is 5. The van der Waals surface area contributed by atoms with E-state index in [1.165, 1.54) is 42.5 Å². The molecule has 4 rings (SSSR count). The second-order valence-corrected chi connectivity index (χ2v) is 9.42. The van der Waals surface area contributed by atoms with Gasteiger partial charge in [-0.15, -0.1) is 0 Å². The third-order valence-corrected chi connectivity index (χ3v) is 6.67. The first kappa shape index (κ1) is 24.6. The van der Waals surface area contributed by atoms with Crippen LogP contribution in [0.15, 0.2) is 80.8 Å². The highest BCUT2D eigenvalue weighted by Crippen LogP contribution is 2.34. The Bertz CT molecular complexity index is 1540. The van der Waals surface area contributed by atoms with Crippen molar-refractivity contribution in [1.29, 1.82) is 0 Å². The number of hydrogen-bond acceptors (Lipinski definition) is 4. The molecule has 1 N–H and O–H groups in total. The smallest absolute Gasteiger partial charge is 0.417 e. The molecule has 0 amide bonds. The predicted octanol–water partition coefficient (Wildman–Crippen LogP) is 5.16. The molecule has 1 aromatic heterocycles. The number of rotatable bonds is 6. The van der Waals surface area contributed by atoms with Gasteiger partial charge in [0.05, 0.1) is 10.5 Å². The van der Waals surface area contributed by atoms with Crippen LogP contribution in [0.5, 0.6) is 0 Å². The molecule has 3 aromatic carbocycles. The largest absolute Gasteiger partial charge is 0.423 e. The van der Waals surface area contributed by atoms with Gasteiger partial charge in [0.2, 0.25) is 10.0 Å². The number of fused-ring (bicyclic) bond motifs is 1. The van der Waals surface area contributed by atoms with Gasteiger partial charge in [0.15, 0.2) is 0 Å². The Labute approximate surface area is 195 Å². The van der Waals surface area contributed by atoms with Crippen LogP contribution >= 0.6 is 0 Å².